The number of rotatable bonds is 5. The van der Waals surface area contributed by atoms with Crippen molar-refractivity contribution in [3.63, 3.8) is 0 Å². The van der Waals surface area contributed by atoms with Crippen LogP contribution in [0.15, 0.2) is 39.7 Å². The van der Waals surface area contributed by atoms with Crippen LogP contribution in [-0.4, -0.2) is 44.2 Å². The number of sulfonamides is 1. The summed E-state index contributed by atoms with van der Waals surface area (Å²) in [6.45, 7) is 2.47. The molecule has 182 valence electrons. The van der Waals surface area contributed by atoms with Gasteiger partial charge in [0.25, 0.3) is 0 Å². The molecule has 4 rings (SSSR count). The lowest BCUT2D eigenvalue weighted by molar-refractivity contribution is -0.121. The van der Waals surface area contributed by atoms with Crippen LogP contribution < -0.4 is 10.2 Å². The van der Waals surface area contributed by atoms with Gasteiger partial charge in [0.05, 0.1) is 10.8 Å². The summed E-state index contributed by atoms with van der Waals surface area (Å²) in [6.07, 6.45) is 1.90. The van der Waals surface area contributed by atoms with Crippen LogP contribution in [0.5, 0.6) is 0 Å². The summed E-state index contributed by atoms with van der Waals surface area (Å²) >= 11 is 3.37. The molecule has 2 aromatic carbocycles. The molecule has 0 unspecified atom stereocenters. The SMILES string of the molecule is CCC(=O)N1CCc2cc(Br)c(S(=O)(=O)N3CCC[C@@H](C(=O)Nc4ccc(F)c(F)c4)C3)cc21. The Bertz CT molecular complexity index is 1260. The van der Waals surface area contributed by atoms with E-state index in [9.17, 15) is 26.8 Å². The average Bonchev–Trinajstić information content (AvgIpc) is 3.23. The van der Waals surface area contributed by atoms with E-state index in [0.717, 1.165) is 17.7 Å². The van der Waals surface area contributed by atoms with Gasteiger partial charge in [0.1, 0.15) is 0 Å². The molecule has 34 heavy (non-hydrogen) atoms. The van der Waals surface area contributed by atoms with Gasteiger partial charge in [-0.3, -0.25) is 9.59 Å². The van der Waals surface area contributed by atoms with Gasteiger partial charge in [0.15, 0.2) is 11.6 Å². The maximum absolute atomic E-state index is 13.5. The van der Waals surface area contributed by atoms with Crippen molar-refractivity contribution >= 4 is 49.1 Å². The van der Waals surface area contributed by atoms with E-state index in [2.05, 4.69) is 21.2 Å². The van der Waals surface area contributed by atoms with Gasteiger partial charge in [0, 0.05) is 48.0 Å². The van der Waals surface area contributed by atoms with Gasteiger partial charge in [-0.15, -0.1) is 0 Å². The van der Waals surface area contributed by atoms with Crippen molar-refractivity contribution in [3.05, 3.63) is 52.0 Å². The summed E-state index contributed by atoms with van der Waals surface area (Å²) in [5, 5.41) is 2.54. The number of anilines is 2. The van der Waals surface area contributed by atoms with Gasteiger partial charge in [-0.25, -0.2) is 17.2 Å². The number of hydrogen-bond acceptors (Lipinski definition) is 4. The Balaban J connectivity index is 1.55. The van der Waals surface area contributed by atoms with Gasteiger partial charge in [-0.1, -0.05) is 6.92 Å². The molecule has 2 heterocycles. The van der Waals surface area contributed by atoms with Crippen LogP contribution in [-0.2, 0) is 26.0 Å². The van der Waals surface area contributed by atoms with Crippen molar-refractivity contribution in [3.8, 4) is 0 Å². The highest BCUT2D eigenvalue weighted by molar-refractivity contribution is 9.10. The summed E-state index contributed by atoms with van der Waals surface area (Å²) < 4.78 is 55.4. The number of piperidine rings is 1. The van der Waals surface area contributed by atoms with Crippen molar-refractivity contribution in [2.24, 2.45) is 5.92 Å². The zero-order valence-corrected chi connectivity index (χ0v) is 20.9. The quantitative estimate of drug-likeness (QED) is 0.602. The molecule has 1 N–H and O–H groups in total. The topological polar surface area (TPSA) is 86.8 Å². The first kappa shape index (κ1) is 24.7. The van der Waals surface area contributed by atoms with Gasteiger partial charge in [0.2, 0.25) is 21.8 Å². The van der Waals surface area contributed by atoms with Gasteiger partial charge >= 0.3 is 0 Å². The maximum Gasteiger partial charge on any atom is 0.244 e. The zero-order chi connectivity index (χ0) is 24.6. The van der Waals surface area contributed by atoms with E-state index in [1.54, 1.807) is 17.9 Å². The molecule has 0 aromatic heterocycles. The molecule has 2 amide bonds. The first-order valence-corrected chi connectivity index (χ1v) is 13.2. The summed E-state index contributed by atoms with van der Waals surface area (Å²) in [7, 11) is -3.96. The summed E-state index contributed by atoms with van der Waals surface area (Å²) in [6, 6.07) is 6.32. The third-order valence-electron chi connectivity index (χ3n) is 6.19. The number of carbonyl (C=O) groups excluding carboxylic acids is 2. The monoisotopic (exact) mass is 555 g/mol. The smallest absolute Gasteiger partial charge is 0.244 e. The molecule has 0 bridgehead atoms. The summed E-state index contributed by atoms with van der Waals surface area (Å²) in [5.74, 6) is -3.28. The Labute approximate surface area is 205 Å². The zero-order valence-electron chi connectivity index (χ0n) is 18.5. The molecule has 11 heteroatoms. The Morgan fingerprint density at radius 3 is 2.62 bits per heavy atom. The molecule has 1 fully saturated rings. The van der Waals surface area contributed by atoms with E-state index in [1.807, 2.05) is 0 Å². The van der Waals surface area contributed by atoms with Crippen LogP contribution in [0.4, 0.5) is 20.2 Å². The maximum atomic E-state index is 13.5. The van der Waals surface area contributed by atoms with E-state index in [0.29, 0.717) is 42.4 Å². The highest BCUT2D eigenvalue weighted by Crippen LogP contribution is 2.37. The predicted molar refractivity (Wildman–Crippen MR) is 127 cm³/mol. The summed E-state index contributed by atoms with van der Waals surface area (Å²) in [5.41, 5.74) is 1.60. The minimum Gasteiger partial charge on any atom is -0.326 e. The molecule has 0 spiro atoms. The highest BCUT2D eigenvalue weighted by atomic mass is 79.9. The largest absolute Gasteiger partial charge is 0.326 e. The summed E-state index contributed by atoms with van der Waals surface area (Å²) in [4.78, 5) is 26.7. The fourth-order valence-corrected chi connectivity index (χ4v) is 6.96. The van der Waals surface area contributed by atoms with Crippen molar-refractivity contribution in [1.29, 1.82) is 0 Å². The standard InChI is InChI=1S/C23H24BrF2N3O4S/c1-2-22(30)29-9-7-14-10-17(24)21(12-20(14)29)34(32,33)28-8-3-4-15(13-28)23(31)27-16-5-6-18(25)19(26)11-16/h5-6,10-12,15H,2-4,7-9,13H2,1H3,(H,27,31)/t15-/m1/s1. The van der Waals surface area contributed by atoms with E-state index in [-0.39, 0.29) is 29.6 Å². The highest BCUT2D eigenvalue weighted by Gasteiger charge is 2.36. The average molecular weight is 556 g/mol. The second kappa shape index (κ2) is 9.71. The van der Waals surface area contributed by atoms with Crippen LogP contribution in [0.25, 0.3) is 0 Å². The number of nitrogens with one attached hydrogen (secondary N) is 1. The minimum atomic E-state index is -3.96. The number of hydrogen-bond donors (Lipinski definition) is 1. The lowest BCUT2D eigenvalue weighted by Gasteiger charge is -2.31. The van der Waals surface area contributed by atoms with Gasteiger partial charge in [-0.2, -0.15) is 4.31 Å². The molecule has 0 radical (unpaired) electrons. The molecule has 0 aliphatic carbocycles. The van der Waals surface area contributed by atoms with Crippen molar-refractivity contribution < 1.29 is 26.8 Å². The van der Waals surface area contributed by atoms with E-state index >= 15 is 0 Å². The third-order valence-corrected chi connectivity index (χ3v) is 9.02. The molecule has 7 nitrogen and oxygen atoms in total. The lowest BCUT2D eigenvalue weighted by atomic mass is 9.98. The Morgan fingerprint density at radius 2 is 1.91 bits per heavy atom. The molecule has 2 aliphatic heterocycles. The molecule has 2 aliphatic rings. The van der Waals surface area contributed by atoms with Gasteiger partial charge < -0.3 is 10.2 Å². The van der Waals surface area contributed by atoms with Crippen LogP contribution in [0, 0.1) is 17.6 Å². The van der Waals surface area contributed by atoms with Gasteiger partial charge in [-0.05, 0) is 65.0 Å². The number of nitrogens with zero attached hydrogens (tertiary/aromatic N) is 2. The van der Waals surface area contributed by atoms with E-state index in [4.69, 9.17) is 0 Å². The molecule has 0 saturated carbocycles. The van der Waals surface area contributed by atoms with Crippen molar-refractivity contribution in [2.45, 2.75) is 37.5 Å². The Hall–Kier alpha value is -2.37. The van der Waals surface area contributed by atoms with Crippen LogP contribution in [0.3, 0.4) is 0 Å². The Kier molecular flexibility index (Phi) is 7.07. The third kappa shape index (κ3) is 4.73. The van der Waals surface area contributed by atoms with E-state index < -0.39 is 33.5 Å². The fraction of sp³-hybridized carbons (Fsp3) is 0.391. The number of carbonyl (C=O) groups is 2. The van der Waals surface area contributed by atoms with Crippen LogP contribution in [0.1, 0.15) is 31.7 Å². The number of amides is 2. The first-order valence-electron chi connectivity index (χ1n) is 11.0. The molecular weight excluding hydrogens is 532 g/mol. The second-order valence-corrected chi connectivity index (χ2v) is 11.1. The number of benzene rings is 2. The fourth-order valence-electron chi connectivity index (χ4n) is 4.37. The molecule has 1 saturated heterocycles. The number of halogens is 3. The van der Waals surface area contributed by atoms with E-state index in [1.165, 1.54) is 16.4 Å². The minimum absolute atomic E-state index is 0.0427. The number of fused-ring (bicyclic) bond motifs is 1. The molecular formula is C23H24BrF2N3O4S. The van der Waals surface area contributed by atoms with Crippen molar-refractivity contribution in [1.82, 2.24) is 4.31 Å². The Morgan fingerprint density at radius 1 is 1.15 bits per heavy atom. The first-order chi connectivity index (χ1) is 16.1. The lowest BCUT2D eigenvalue weighted by Crippen LogP contribution is -2.43. The van der Waals surface area contributed by atoms with Crippen LogP contribution in [0.2, 0.25) is 0 Å². The molecule has 1 atom stereocenters. The molecule has 2 aromatic rings. The second-order valence-electron chi connectivity index (χ2n) is 8.38. The van der Waals surface area contributed by atoms with Crippen molar-refractivity contribution in [2.75, 3.05) is 29.9 Å². The predicted octanol–water partition coefficient (Wildman–Crippen LogP) is 4.07. The normalized spacial score (nSPS) is 18.6. The van der Waals surface area contributed by atoms with Crippen LogP contribution >= 0.6 is 15.9 Å².